The van der Waals surface area contributed by atoms with Crippen LogP contribution in [0, 0.1) is 17.2 Å². The molecule has 29 heavy (non-hydrogen) atoms. The molecule has 3 N–H and O–H groups in total. The summed E-state index contributed by atoms with van der Waals surface area (Å²) in [4.78, 5) is 38.6. The van der Waals surface area contributed by atoms with E-state index < -0.39 is 11.9 Å². The Morgan fingerprint density at radius 3 is 2.41 bits per heavy atom. The summed E-state index contributed by atoms with van der Waals surface area (Å²) in [7, 11) is 0. The van der Waals surface area contributed by atoms with Gasteiger partial charge in [0.2, 0.25) is 5.91 Å². The third-order valence-corrected chi connectivity index (χ3v) is 4.37. The molecule has 9 heteroatoms. The van der Waals surface area contributed by atoms with E-state index in [-0.39, 0.29) is 24.4 Å². The van der Waals surface area contributed by atoms with Gasteiger partial charge in [-0.05, 0) is 36.6 Å². The largest absolute Gasteiger partial charge is 0.378 e. The van der Waals surface area contributed by atoms with E-state index in [9.17, 15) is 14.4 Å². The number of rotatable bonds is 7. The number of urea groups is 1. The van der Waals surface area contributed by atoms with Crippen molar-refractivity contribution in [3.63, 3.8) is 0 Å². The first-order chi connectivity index (χ1) is 13.9. The number of nitriles is 1. The van der Waals surface area contributed by atoms with Crippen molar-refractivity contribution < 1.29 is 19.1 Å². The highest BCUT2D eigenvalue weighted by molar-refractivity contribution is 5.98. The molecule has 1 aliphatic heterocycles. The van der Waals surface area contributed by atoms with Gasteiger partial charge in [0, 0.05) is 24.3 Å². The maximum atomic E-state index is 12.5. The smallest absolute Gasteiger partial charge is 0.321 e. The lowest BCUT2D eigenvalue weighted by atomic mass is 10.0. The summed E-state index contributed by atoms with van der Waals surface area (Å²) in [6, 6.07) is 7.36. The first-order valence-electron chi connectivity index (χ1n) is 9.60. The molecule has 156 valence electrons. The number of benzene rings is 1. The topological polar surface area (TPSA) is 124 Å². The van der Waals surface area contributed by atoms with Crippen LogP contribution in [-0.2, 0) is 9.53 Å². The van der Waals surface area contributed by atoms with E-state index in [0.717, 1.165) is 0 Å². The van der Waals surface area contributed by atoms with Crippen LogP contribution in [0.4, 0.5) is 10.5 Å². The van der Waals surface area contributed by atoms with E-state index in [2.05, 4.69) is 16.0 Å². The van der Waals surface area contributed by atoms with Crippen molar-refractivity contribution in [3.8, 4) is 6.07 Å². The number of hydrogen-bond acceptors (Lipinski definition) is 5. The van der Waals surface area contributed by atoms with Gasteiger partial charge in [-0.15, -0.1) is 0 Å². The van der Waals surface area contributed by atoms with E-state index in [1.54, 1.807) is 29.2 Å². The molecule has 1 aromatic rings. The molecular formula is C20H27N5O4. The van der Waals surface area contributed by atoms with Crippen molar-refractivity contribution in [2.75, 3.05) is 38.2 Å². The minimum absolute atomic E-state index is 0.110. The summed E-state index contributed by atoms with van der Waals surface area (Å²) in [6.45, 7) is 5.90. The predicted molar refractivity (Wildman–Crippen MR) is 107 cm³/mol. The summed E-state index contributed by atoms with van der Waals surface area (Å²) >= 11 is 0. The zero-order valence-electron chi connectivity index (χ0n) is 16.7. The normalized spacial score (nSPS) is 14.6. The molecule has 0 aliphatic carbocycles. The number of amides is 4. The summed E-state index contributed by atoms with van der Waals surface area (Å²) in [5.41, 5.74) is 0.944. The molecule has 0 saturated carbocycles. The van der Waals surface area contributed by atoms with Crippen LogP contribution in [0.3, 0.4) is 0 Å². The zero-order chi connectivity index (χ0) is 21.2. The number of carbonyl (C=O) groups excluding carboxylic acids is 3. The number of carbonyl (C=O) groups is 3. The standard InChI is InChI=1S/C20H27N5O4/c1-14(2)13-17(19(27)22-8-7-21)24-18(26)15-3-5-16(6-4-15)23-20(28)25-9-11-29-12-10-25/h3-6,14,17H,8-13H2,1-2H3,(H,22,27)(H,23,28)(H,24,26). The van der Waals surface area contributed by atoms with Crippen LogP contribution in [0.5, 0.6) is 0 Å². The lowest BCUT2D eigenvalue weighted by Crippen LogP contribution is -2.47. The average Bonchev–Trinajstić information content (AvgIpc) is 2.72. The quantitative estimate of drug-likeness (QED) is 0.595. The van der Waals surface area contributed by atoms with E-state index >= 15 is 0 Å². The Kier molecular flexibility index (Phi) is 8.43. The van der Waals surface area contributed by atoms with Crippen molar-refractivity contribution in [1.29, 1.82) is 5.26 Å². The predicted octanol–water partition coefficient (Wildman–Crippen LogP) is 1.33. The van der Waals surface area contributed by atoms with Gasteiger partial charge in [0.1, 0.15) is 12.6 Å². The Morgan fingerprint density at radius 2 is 1.83 bits per heavy atom. The van der Waals surface area contributed by atoms with Crippen LogP contribution in [0.25, 0.3) is 0 Å². The van der Waals surface area contributed by atoms with Gasteiger partial charge in [-0.3, -0.25) is 9.59 Å². The Morgan fingerprint density at radius 1 is 1.17 bits per heavy atom. The van der Waals surface area contributed by atoms with Crippen LogP contribution in [-0.4, -0.2) is 61.6 Å². The lowest BCUT2D eigenvalue weighted by molar-refractivity contribution is -0.123. The lowest BCUT2D eigenvalue weighted by Gasteiger charge is -2.26. The van der Waals surface area contributed by atoms with Gasteiger partial charge in [0.15, 0.2) is 0 Å². The number of ether oxygens (including phenoxy) is 1. The molecular weight excluding hydrogens is 374 g/mol. The van der Waals surface area contributed by atoms with E-state index in [1.165, 1.54) is 0 Å². The molecule has 1 aliphatic rings. The Bertz CT molecular complexity index is 751. The highest BCUT2D eigenvalue weighted by atomic mass is 16.5. The molecule has 0 aromatic heterocycles. The van der Waals surface area contributed by atoms with Gasteiger partial charge in [-0.2, -0.15) is 5.26 Å². The second-order valence-electron chi connectivity index (χ2n) is 7.14. The monoisotopic (exact) mass is 401 g/mol. The molecule has 0 radical (unpaired) electrons. The van der Waals surface area contributed by atoms with Crippen LogP contribution < -0.4 is 16.0 Å². The minimum Gasteiger partial charge on any atom is -0.378 e. The molecule has 0 spiro atoms. The maximum absolute atomic E-state index is 12.5. The third kappa shape index (κ3) is 7.08. The molecule has 1 fully saturated rings. The Balaban J connectivity index is 1.96. The van der Waals surface area contributed by atoms with Gasteiger partial charge < -0.3 is 25.6 Å². The van der Waals surface area contributed by atoms with Crippen LogP contribution in [0.1, 0.15) is 30.6 Å². The van der Waals surface area contributed by atoms with Gasteiger partial charge >= 0.3 is 6.03 Å². The Labute approximate surface area is 170 Å². The number of nitrogens with zero attached hydrogens (tertiary/aromatic N) is 2. The summed E-state index contributed by atoms with van der Waals surface area (Å²) < 4.78 is 5.23. The van der Waals surface area contributed by atoms with E-state index in [1.807, 2.05) is 19.9 Å². The average molecular weight is 401 g/mol. The molecule has 1 aromatic carbocycles. The van der Waals surface area contributed by atoms with Crippen LogP contribution >= 0.6 is 0 Å². The molecule has 0 bridgehead atoms. The maximum Gasteiger partial charge on any atom is 0.321 e. The zero-order valence-corrected chi connectivity index (χ0v) is 16.7. The van der Waals surface area contributed by atoms with Crippen molar-refractivity contribution in [1.82, 2.24) is 15.5 Å². The number of anilines is 1. The van der Waals surface area contributed by atoms with Crippen molar-refractivity contribution in [2.24, 2.45) is 5.92 Å². The molecule has 4 amide bonds. The van der Waals surface area contributed by atoms with Gasteiger partial charge in [0.25, 0.3) is 5.91 Å². The van der Waals surface area contributed by atoms with Gasteiger partial charge in [-0.25, -0.2) is 4.79 Å². The Hall–Kier alpha value is -3.12. The molecule has 1 atom stereocenters. The minimum atomic E-state index is -0.725. The van der Waals surface area contributed by atoms with E-state index in [0.29, 0.717) is 44.0 Å². The second kappa shape index (κ2) is 11.0. The third-order valence-electron chi connectivity index (χ3n) is 4.37. The number of nitrogens with one attached hydrogen (secondary N) is 3. The van der Waals surface area contributed by atoms with Gasteiger partial charge in [0.05, 0.1) is 19.3 Å². The van der Waals surface area contributed by atoms with Crippen molar-refractivity contribution >= 4 is 23.5 Å². The second-order valence-corrected chi connectivity index (χ2v) is 7.14. The van der Waals surface area contributed by atoms with Gasteiger partial charge in [-0.1, -0.05) is 13.8 Å². The first-order valence-corrected chi connectivity index (χ1v) is 9.60. The number of morpholine rings is 1. The molecule has 1 saturated heterocycles. The molecule has 2 rings (SSSR count). The summed E-state index contributed by atoms with van der Waals surface area (Å²) in [6.07, 6.45) is 0.455. The SMILES string of the molecule is CC(C)CC(NC(=O)c1ccc(NC(=O)N2CCOCC2)cc1)C(=O)NCC#N. The first kappa shape index (κ1) is 22.2. The molecule has 1 heterocycles. The highest BCUT2D eigenvalue weighted by Gasteiger charge is 2.22. The molecule has 9 nitrogen and oxygen atoms in total. The fourth-order valence-corrected chi connectivity index (χ4v) is 2.87. The summed E-state index contributed by atoms with van der Waals surface area (Å²) in [5, 5.41) is 16.6. The van der Waals surface area contributed by atoms with Crippen LogP contribution in [0.15, 0.2) is 24.3 Å². The van der Waals surface area contributed by atoms with Crippen molar-refractivity contribution in [2.45, 2.75) is 26.3 Å². The highest BCUT2D eigenvalue weighted by Crippen LogP contribution is 2.12. The fourth-order valence-electron chi connectivity index (χ4n) is 2.87. The number of hydrogen-bond donors (Lipinski definition) is 3. The fraction of sp³-hybridized carbons (Fsp3) is 0.500. The summed E-state index contributed by atoms with van der Waals surface area (Å²) in [5.74, 6) is -0.595. The van der Waals surface area contributed by atoms with Crippen molar-refractivity contribution in [3.05, 3.63) is 29.8 Å². The van der Waals surface area contributed by atoms with Crippen LogP contribution in [0.2, 0.25) is 0 Å². The molecule has 1 unspecified atom stereocenters. The van der Waals surface area contributed by atoms with E-state index in [4.69, 9.17) is 10.00 Å².